The highest BCUT2D eigenvalue weighted by molar-refractivity contribution is 5.93. The Morgan fingerprint density at radius 3 is 2.81 bits per heavy atom. The molecule has 6 nitrogen and oxygen atoms in total. The molecule has 0 radical (unpaired) electrons. The Hall–Kier alpha value is -1.69. The Kier molecular flexibility index (Phi) is 3.00. The van der Waals surface area contributed by atoms with E-state index in [1.165, 1.54) is 0 Å². The fourth-order valence-corrected chi connectivity index (χ4v) is 1.38. The van der Waals surface area contributed by atoms with Crippen LogP contribution in [0.3, 0.4) is 0 Å². The largest absolute Gasteiger partial charge is 0.345 e. The minimum Gasteiger partial charge on any atom is -0.345 e. The van der Waals surface area contributed by atoms with E-state index in [1.807, 2.05) is 6.92 Å². The molecule has 2 N–H and O–H groups in total. The van der Waals surface area contributed by atoms with Crippen LogP contribution in [0, 0.1) is 6.92 Å². The predicted molar refractivity (Wildman–Crippen MR) is 56.5 cm³/mol. The number of nitrogens with one attached hydrogen (secondary N) is 2. The number of nitrogens with zero attached hydrogens (tertiary/aromatic N) is 2. The minimum atomic E-state index is -0.0704. The summed E-state index contributed by atoms with van der Waals surface area (Å²) in [5, 5.41) is 9.54. The smallest absolute Gasteiger partial charge is 0.247 e. The lowest BCUT2D eigenvalue weighted by molar-refractivity contribution is -0.117. The number of rotatable bonds is 3. The molecule has 1 fully saturated rings. The van der Waals surface area contributed by atoms with Gasteiger partial charge in [0, 0.05) is 25.6 Å². The maximum Gasteiger partial charge on any atom is 0.247 e. The molecule has 2 heterocycles. The summed E-state index contributed by atoms with van der Waals surface area (Å²) in [6.45, 7) is 5.45. The SMILES string of the molecule is CC(C(=O)NCc1noc(C)n1)=C1CNC1. The number of hydrogen-bond donors (Lipinski definition) is 2. The third-order valence-corrected chi connectivity index (χ3v) is 2.52. The van der Waals surface area contributed by atoms with Crippen LogP contribution in [0.4, 0.5) is 0 Å². The van der Waals surface area contributed by atoms with Crippen molar-refractivity contribution in [2.45, 2.75) is 20.4 Å². The summed E-state index contributed by atoms with van der Waals surface area (Å²) in [7, 11) is 0. The van der Waals surface area contributed by atoms with Gasteiger partial charge in [-0.2, -0.15) is 4.98 Å². The molecule has 1 aromatic rings. The van der Waals surface area contributed by atoms with Crippen LogP contribution in [0.1, 0.15) is 18.6 Å². The van der Waals surface area contributed by atoms with Crippen molar-refractivity contribution < 1.29 is 9.32 Å². The molecule has 1 aromatic heterocycles. The van der Waals surface area contributed by atoms with Crippen LogP contribution in [0.5, 0.6) is 0 Å². The summed E-state index contributed by atoms with van der Waals surface area (Å²) in [4.78, 5) is 15.7. The molecule has 1 amide bonds. The molecular weight excluding hydrogens is 208 g/mol. The molecule has 0 saturated carbocycles. The number of carbonyl (C=O) groups excluding carboxylic acids is 1. The third kappa shape index (κ3) is 2.27. The summed E-state index contributed by atoms with van der Waals surface area (Å²) in [6, 6.07) is 0. The third-order valence-electron chi connectivity index (χ3n) is 2.52. The summed E-state index contributed by atoms with van der Waals surface area (Å²) in [5.74, 6) is 0.928. The van der Waals surface area contributed by atoms with E-state index in [0.29, 0.717) is 18.3 Å². The van der Waals surface area contributed by atoms with Crippen LogP contribution in [0.25, 0.3) is 0 Å². The van der Waals surface area contributed by atoms with Crippen molar-refractivity contribution in [3.05, 3.63) is 22.9 Å². The van der Waals surface area contributed by atoms with E-state index in [2.05, 4.69) is 20.8 Å². The Morgan fingerprint density at radius 1 is 1.56 bits per heavy atom. The van der Waals surface area contributed by atoms with Crippen LogP contribution in [-0.4, -0.2) is 29.1 Å². The monoisotopic (exact) mass is 222 g/mol. The molecule has 2 rings (SSSR count). The number of carbonyl (C=O) groups is 1. The molecule has 16 heavy (non-hydrogen) atoms. The van der Waals surface area contributed by atoms with Gasteiger partial charge in [0.2, 0.25) is 11.8 Å². The Labute approximate surface area is 93.1 Å². The van der Waals surface area contributed by atoms with E-state index < -0.39 is 0 Å². The van der Waals surface area contributed by atoms with E-state index in [4.69, 9.17) is 4.52 Å². The average Bonchev–Trinajstić information content (AvgIpc) is 2.58. The molecule has 86 valence electrons. The van der Waals surface area contributed by atoms with Crippen LogP contribution in [-0.2, 0) is 11.3 Å². The Morgan fingerprint density at radius 2 is 2.31 bits per heavy atom. The second kappa shape index (κ2) is 4.44. The topological polar surface area (TPSA) is 80.1 Å². The van der Waals surface area contributed by atoms with Gasteiger partial charge in [-0.05, 0) is 12.5 Å². The van der Waals surface area contributed by atoms with Crippen molar-refractivity contribution in [3.63, 3.8) is 0 Å². The van der Waals surface area contributed by atoms with Gasteiger partial charge in [-0.15, -0.1) is 0 Å². The number of aryl methyl sites for hydroxylation is 1. The zero-order valence-corrected chi connectivity index (χ0v) is 9.33. The Bertz CT molecular complexity index is 430. The van der Waals surface area contributed by atoms with Crippen molar-refractivity contribution in [2.24, 2.45) is 0 Å². The van der Waals surface area contributed by atoms with Gasteiger partial charge in [0.05, 0.1) is 6.54 Å². The highest BCUT2D eigenvalue weighted by Crippen LogP contribution is 2.08. The lowest BCUT2D eigenvalue weighted by Gasteiger charge is -2.21. The first-order valence-electron chi connectivity index (χ1n) is 5.13. The van der Waals surface area contributed by atoms with E-state index >= 15 is 0 Å². The molecule has 0 bridgehead atoms. The molecule has 1 aliphatic rings. The van der Waals surface area contributed by atoms with E-state index in [0.717, 1.165) is 24.2 Å². The molecule has 0 aromatic carbocycles. The standard InChI is InChI=1S/C10H14N4O2/c1-6(8-3-11-4-8)10(15)12-5-9-13-7(2)16-14-9/h11H,3-5H2,1-2H3,(H,12,15). The van der Waals surface area contributed by atoms with Crippen LogP contribution in [0.15, 0.2) is 15.7 Å². The van der Waals surface area contributed by atoms with Gasteiger partial charge in [0.15, 0.2) is 5.82 Å². The lowest BCUT2D eigenvalue weighted by atomic mass is 10.0. The molecule has 1 saturated heterocycles. The van der Waals surface area contributed by atoms with Crippen molar-refractivity contribution in [1.82, 2.24) is 20.8 Å². The van der Waals surface area contributed by atoms with Gasteiger partial charge < -0.3 is 15.2 Å². The normalized spacial score (nSPS) is 14.5. The summed E-state index contributed by atoms with van der Waals surface area (Å²) < 4.78 is 4.80. The maximum atomic E-state index is 11.7. The average molecular weight is 222 g/mol. The van der Waals surface area contributed by atoms with Crippen LogP contribution < -0.4 is 10.6 Å². The Balaban J connectivity index is 1.88. The first-order chi connectivity index (χ1) is 7.66. The van der Waals surface area contributed by atoms with Gasteiger partial charge in [0.1, 0.15) is 0 Å². The van der Waals surface area contributed by atoms with Crippen molar-refractivity contribution >= 4 is 5.91 Å². The molecular formula is C10H14N4O2. The fraction of sp³-hybridized carbons (Fsp3) is 0.500. The van der Waals surface area contributed by atoms with E-state index in [9.17, 15) is 4.79 Å². The number of aromatic nitrogens is 2. The summed E-state index contributed by atoms with van der Waals surface area (Å²) >= 11 is 0. The van der Waals surface area contributed by atoms with Crippen LogP contribution >= 0.6 is 0 Å². The number of amides is 1. The fourth-order valence-electron chi connectivity index (χ4n) is 1.38. The first kappa shape index (κ1) is 10.8. The highest BCUT2D eigenvalue weighted by Gasteiger charge is 2.16. The van der Waals surface area contributed by atoms with Crippen LogP contribution in [0.2, 0.25) is 0 Å². The van der Waals surface area contributed by atoms with Crippen molar-refractivity contribution in [3.8, 4) is 0 Å². The lowest BCUT2D eigenvalue weighted by Crippen LogP contribution is -2.37. The zero-order valence-electron chi connectivity index (χ0n) is 9.33. The zero-order chi connectivity index (χ0) is 11.5. The second-order valence-corrected chi connectivity index (χ2v) is 3.74. The summed E-state index contributed by atoms with van der Waals surface area (Å²) in [6.07, 6.45) is 0. The van der Waals surface area contributed by atoms with Gasteiger partial charge >= 0.3 is 0 Å². The highest BCUT2D eigenvalue weighted by atomic mass is 16.5. The quantitative estimate of drug-likeness (QED) is 0.699. The maximum absolute atomic E-state index is 11.7. The molecule has 0 unspecified atom stereocenters. The minimum absolute atomic E-state index is 0.0704. The van der Waals surface area contributed by atoms with Gasteiger partial charge in [-0.25, -0.2) is 0 Å². The molecule has 0 spiro atoms. The number of hydrogen-bond acceptors (Lipinski definition) is 5. The molecule has 0 atom stereocenters. The molecule has 1 aliphatic heterocycles. The first-order valence-corrected chi connectivity index (χ1v) is 5.13. The van der Waals surface area contributed by atoms with E-state index in [-0.39, 0.29) is 5.91 Å². The molecule has 0 aliphatic carbocycles. The summed E-state index contributed by atoms with van der Waals surface area (Å²) in [5.41, 5.74) is 1.93. The van der Waals surface area contributed by atoms with Crippen molar-refractivity contribution in [1.29, 1.82) is 0 Å². The van der Waals surface area contributed by atoms with Gasteiger partial charge in [-0.1, -0.05) is 5.16 Å². The van der Waals surface area contributed by atoms with Crippen molar-refractivity contribution in [2.75, 3.05) is 13.1 Å². The van der Waals surface area contributed by atoms with Gasteiger partial charge in [-0.3, -0.25) is 4.79 Å². The molecule has 6 heteroatoms. The predicted octanol–water partition coefficient (Wildman–Crippen LogP) is -0.0861. The second-order valence-electron chi connectivity index (χ2n) is 3.74. The van der Waals surface area contributed by atoms with E-state index in [1.54, 1.807) is 6.92 Å². The van der Waals surface area contributed by atoms with Gasteiger partial charge in [0.25, 0.3) is 0 Å².